The molecule has 0 amide bonds. The maximum atomic E-state index is 11.4. The van der Waals surface area contributed by atoms with Crippen molar-refractivity contribution in [3.8, 4) is 0 Å². The largest absolute Gasteiger partial charge is 0.476 e. The molecule has 3 aromatic heterocycles. The Morgan fingerprint density at radius 3 is 2.95 bits per heavy atom. The van der Waals surface area contributed by atoms with Gasteiger partial charge in [0.2, 0.25) is 0 Å². The van der Waals surface area contributed by atoms with Crippen LogP contribution < -0.4 is 5.32 Å². The van der Waals surface area contributed by atoms with Crippen LogP contribution >= 0.6 is 0 Å². The van der Waals surface area contributed by atoms with Crippen LogP contribution in [0.15, 0.2) is 36.8 Å². The van der Waals surface area contributed by atoms with Crippen molar-refractivity contribution in [2.45, 2.75) is 0 Å². The molecule has 0 unspecified atom stereocenters. The standard InChI is InChI=1S/C12H11N5O2/c1-16-7-8(6-13-16)14-11-10(12(18)19)17-5-3-2-4-9(17)15-11/h2-7,14H,1H3,(H,18,19). The van der Waals surface area contributed by atoms with E-state index in [2.05, 4.69) is 15.4 Å². The lowest BCUT2D eigenvalue weighted by molar-refractivity contribution is 0.0690. The number of carbonyl (C=O) groups is 1. The van der Waals surface area contributed by atoms with Gasteiger partial charge in [0.05, 0.1) is 11.9 Å². The van der Waals surface area contributed by atoms with Crippen LogP contribution in [0.25, 0.3) is 5.65 Å². The van der Waals surface area contributed by atoms with E-state index in [1.807, 2.05) is 6.07 Å². The first kappa shape index (κ1) is 11.3. The third-order valence-corrected chi connectivity index (χ3v) is 2.70. The summed E-state index contributed by atoms with van der Waals surface area (Å²) in [6.07, 6.45) is 5.02. The van der Waals surface area contributed by atoms with Gasteiger partial charge >= 0.3 is 5.97 Å². The van der Waals surface area contributed by atoms with Gasteiger partial charge in [-0.3, -0.25) is 9.08 Å². The summed E-state index contributed by atoms with van der Waals surface area (Å²) in [5.74, 6) is -0.739. The van der Waals surface area contributed by atoms with Gasteiger partial charge < -0.3 is 10.4 Å². The molecule has 0 saturated carbocycles. The number of rotatable bonds is 3. The number of hydrogen-bond donors (Lipinski definition) is 2. The average Bonchev–Trinajstić information content (AvgIpc) is 2.92. The van der Waals surface area contributed by atoms with Gasteiger partial charge in [-0.15, -0.1) is 0 Å². The SMILES string of the molecule is Cn1cc(Nc2nc3ccccn3c2C(=O)O)cn1. The van der Waals surface area contributed by atoms with Crippen LogP contribution in [0, 0.1) is 0 Å². The lowest BCUT2D eigenvalue weighted by Crippen LogP contribution is -2.05. The van der Waals surface area contributed by atoms with E-state index in [0.29, 0.717) is 17.2 Å². The number of imidazole rings is 1. The number of carboxylic acids is 1. The molecular weight excluding hydrogens is 246 g/mol. The Balaban J connectivity index is 2.12. The van der Waals surface area contributed by atoms with E-state index in [4.69, 9.17) is 0 Å². The quantitative estimate of drug-likeness (QED) is 0.743. The van der Waals surface area contributed by atoms with Crippen molar-refractivity contribution in [1.82, 2.24) is 19.2 Å². The number of nitrogens with zero attached hydrogens (tertiary/aromatic N) is 4. The smallest absolute Gasteiger partial charge is 0.356 e. The van der Waals surface area contributed by atoms with Crippen molar-refractivity contribution in [3.63, 3.8) is 0 Å². The van der Waals surface area contributed by atoms with E-state index in [1.165, 1.54) is 4.40 Å². The Bertz CT molecular complexity index is 758. The summed E-state index contributed by atoms with van der Waals surface area (Å²) >= 11 is 0. The van der Waals surface area contributed by atoms with Crippen LogP contribution in [0.1, 0.15) is 10.5 Å². The summed E-state index contributed by atoms with van der Waals surface area (Å²) in [6, 6.07) is 5.32. The number of aryl methyl sites for hydroxylation is 1. The average molecular weight is 257 g/mol. The van der Waals surface area contributed by atoms with E-state index in [9.17, 15) is 9.90 Å². The zero-order chi connectivity index (χ0) is 13.4. The predicted octanol–water partition coefficient (Wildman–Crippen LogP) is 1.51. The van der Waals surface area contributed by atoms with Crippen LogP contribution in [-0.4, -0.2) is 30.2 Å². The van der Waals surface area contributed by atoms with Crippen molar-refractivity contribution in [1.29, 1.82) is 0 Å². The molecule has 3 rings (SSSR count). The summed E-state index contributed by atoms with van der Waals surface area (Å²) in [5.41, 5.74) is 1.36. The summed E-state index contributed by atoms with van der Waals surface area (Å²) in [4.78, 5) is 15.6. The van der Waals surface area contributed by atoms with E-state index >= 15 is 0 Å². The Morgan fingerprint density at radius 2 is 2.26 bits per heavy atom. The second kappa shape index (κ2) is 4.13. The molecule has 0 atom stereocenters. The molecule has 7 heteroatoms. The van der Waals surface area contributed by atoms with E-state index in [1.54, 1.807) is 42.5 Å². The predicted molar refractivity (Wildman–Crippen MR) is 68.6 cm³/mol. The molecule has 0 aromatic carbocycles. The lowest BCUT2D eigenvalue weighted by atomic mass is 10.4. The van der Waals surface area contributed by atoms with Crippen LogP contribution in [-0.2, 0) is 7.05 Å². The highest BCUT2D eigenvalue weighted by molar-refractivity contribution is 5.93. The molecule has 3 aromatic rings. The van der Waals surface area contributed by atoms with Gasteiger partial charge in [0.1, 0.15) is 5.65 Å². The number of hydrogen-bond acceptors (Lipinski definition) is 4. The molecule has 96 valence electrons. The fraction of sp³-hybridized carbons (Fsp3) is 0.0833. The van der Waals surface area contributed by atoms with Crippen molar-refractivity contribution in [2.75, 3.05) is 5.32 Å². The fourth-order valence-corrected chi connectivity index (χ4v) is 1.91. The maximum absolute atomic E-state index is 11.4. The maximum Gasteiger partial charge on any atom is 0.356 e. The topological polar surface area (TPSA) is 84.5 Å². The highest BCUT2D eigenvalue weighted by Gasteiger charge is 2.18. The second-order valence-corrected chi connectivity index (χ2v) is 4.07. The van der Waals surface area contributed by atoms with Crippen LogP contribution in [0.5, 0.6) is 0 Å². The van der Waals surface area contributed by atoms with Crippen molar-refractivity contribution in [2.24, 2.45) is 7.05 Å². The van der Waals surface area contributed by atoms with Gasteiger partial charge in [0.15, 0.2) is 11.5 Å². The summed E-state index contributed by atoms with van der Waals surface area (Å²) in [6.45, 7) is 0. The summed E-state index contributed by atoms with van der Waals surface area (Å²) in [5, 5.41) is 16.3. The Hall–Kier alpha value is -2.83. The first-order valence-electron chi connectivity index (χ1n) is 5.61. The Kier molecular flexibility index (Phi) is 2.45. The molecule has 0 saturated heterocycles. The Labute approximate surface area is 108 Å². The summed E-state index contributed by atoms with van der Waals surface area (Å²) in [7, 11) is 1.78. The number of aromatic nitrogens is 4. The van der Waals surface area contributed by atoms with Gasteiger partial charge in [-0.1, -0.05) is 6.07 Å². The van der Waals surface area contributed by atoms with E-state index in [0.717, 1.165) is 0 Å². The summed E-state index contributed by atoms with van der Waals surface area (Å²) < 4.78 is 3.15. The molecule has 2 N–H and O–H groups in total. The molecule has 0 radical (unpaired) electrons. The molecule has 0 aliphatic heterocycles. The molecule has 0 fully saturated rings. The number of pyridine rings is 1. The van der Waals surface area contributed by atoms with Gasteiger partial charge in [-0.05, 0) is 12.1 Å². The minimum atomic E-state index is -1.04. The third kappa shape index (κ3) is 1.90. The van der Waals surface area contributed by atoms with Crippen molar-refractivity contribution in [3.05, 3.63) is 42.5 Å². The highest BCUT2D eigenvalue weighted by atomic mass is 16.4. The lowest BCUT2D eigenvalue weighted by Gasteiger charge is -2.01. The van der Waals surface area contributed by atoms with Crippen molar-refractivity contribution >= 4 is 23.1 Å². The third-order valence-electron chi connectivity index (χ3n) is 2.70. The number of fused-ring (bicyclic) bond motifs is 1. The number of anilines is 2. The fourth-order valence-electron chi connectivity index (χ4n) is 1.91. The number of carboxylic acid groups (broad SMARTS) is 1. The van der Waals surface area contributed by atoms with E-state index < -0.39 is 5.97 Å². The van der Waals surface area contributed by atoms with Crippen LogP contribution in [0.2, 0.25) is 0 Å². The minimum absolute atomic E-state index is 0.0967. The first-order valence-corrected chi connectivity index (χ1v) is 5.61. The van der Waals surface area contributed by atoms with Gasteiger partial charge in [-0.2, -0.15) is 5.10 Å². The van der Waals surface area contributed by atoms with Gasteiger partial charge in [-0.25, -0.2) is 9.78 Å². The zero-order valence-electron chi connectivity index (χ0n) is 10.1. The van der Waals surface area contributed by atoms with E-state index in [-0.39, 0.29) is 5.69 Å². The Morgan fingerprint density at radius 1 is 1.42 bits per heavy atom. The molecule has 0 aliphatic rings. The molecule has 0 spiro atoms. The molecule has 0 aliphatic carbocycles. The second-order valence-electron chi connectivity index (χ2n) is 4.07. The molecule has 19 heavy (non-hydrogen) atoms. The normalized spacial score (nSPS) is 10.8. The molecule has 7 nitrogen and oxygen atoms in total. The molecule has 3 heterocycles. The zero-order valence-corrected chi connectivity index (χ0v) is 10.1. The van der Waals surface area contributed by atoms with Crippen LogP contribution in [0.4, 0.5) is 11.5 Å². The highest BCUT2D eigenvalue weighted by Crippen LogP contribution is 2.21. The molecular formula is C12H11N5O2. The molecule has 0 bridgehead atoms. The van der Waals surface area contributed by atoms with Crippen LogP contribution in [0.3, 0.4) is 0 Å². The van der Waals surface area contributed by atoms with Gasteiger partial charge in [0, 0.05) is 19.4 Å². The van der Waals surface area contributed by atoms with Gasteiger partial charge in [0.25, 0.3) is 0 Å². The number of nitrogens with one attached hydrogen (secondary N) is 1. The van der Waals surface area contributed by atoms with Crippen molar-refractivity contribution < 1.29 is 9.90 Å². The monoisotopic (exact) mass is 257 g/mol. The minimum Gasteiger partial charge on any atom is -0.476 e. The number of aromatic carboxylic acids is 1. The first-order chi connectivity index (χ1) is 9.15.